The maximum Gasteiger partial charge on any atom is 0.239 e. The molecular formula is C13H16BrN3OS. The molecule has 0 bridgehead atoms. The average Bonchev–Trinajstić information content (AvgIpc) is 2.79. The molecule has 2 heterocycles. The first-order valence-corrected chi connectivity index (χ1v) is 7.67. The zero-order valence-corrected chi connectivity index (χ0v) is 13.1. The molecule has 0 aliphatic carbocycles. The average molecular weight is 342 g/mol. The first-order chi connectivity index (χ1) is 9.19. The topological polar surface area (TPSA) is 60.2 Å². The molecule has 0 spiro atoms. The minimum atomic E-state index is 0.492. The summed E-state index contributed by atoms with van der Waals surface area (Å²) < 4.78 is 6.52. The van der Waals surface area contributed by atoms with Crippen LogP contribution in [0.5, 0.6) is 5.88 Å². The van der Waals surface area contributed by atoms with Crippen LogP contribution in [0.2, 0.25) is 0 Å². The van der Waals surface area contributed by atoms with Crippen LogP contribution in [0.4, 0.5) is 11.5 Å². The zero-order chi connectivity index (χ0) is 13.7. The van der Waals surface area contributed by atoms with Gasteiger partial charge in [0, 0.05) is 11.4 Å². The van der Waals surface area contributed by atoms with Crippen LogP contribution >= 0.6 is 27.3 Å². The fourth-order valence-corrected chi connectivity index (χ4v) is 3.08. The van der Waals surface area contributed by atoms with Gasteiger partial charge in [0.2, 0.25) is 5.88 Å². The number of rotatable bonds is 6. The predicted octanol–water partition coefficient (Wildman–Crippen LogP) is 3.54. The van der Waals surface area contributed by atoms with Gasteiger partial charge in [0.05, 0.1) is 16.1 Å². The van der Waals surface area contributed by atoms with Crippen molar-refractivity contribution >= 4 is 38.8 Å². The number of nitrogens with two attached hydrogens (primary N) is 1. The van der Waals surface area contributed by atoms with E-state index in [2.05, 4.69) is 38.4 Å². The molecule has 2 aromatic rings. The summed E-state index contributed by atoms with van der Waals surface area (Å²) in [6.07, 6.45) is 0.965. The molecule has 0 atom stereocenters. The monoisotopic (exact) mass is 341 g/mol. The standard InChI is InChI=1S/C13H16BrN3OS/c1-2-18-13-10(15)4-6-12(17-13)16-8-7-9-3-5-11(14)19-9/h3-6H,2,7-8,15H2,1H3,(H,16,17). The number of hydrogen-bond acceptors (Lipinski definition) is 5. The third-order valence-corrected chi connectivity index (χ3v) is 4.16. The summed E-state index contributed by atoms with van der Waals surface area (Å²) in [7, 11) is 0. The molecule has 4 nitrogen and oxygen atoms in total. The van der Waals surface area contributed by atoms with Crippen molar-refractivity contribution < 1.29 is 4.74 Å². The number of nitrogen functional groups attached to an aromatic ring is 1. The normalized spacial score (nSPS) is 10.4. The third-order valence-electron chi connectivity index (χ3n) is 2.48. The molecular weight excluding hydrogens is 326 g/mol. The van der Waals surface area contributed by atoms with E-state index in [-0.39, 0.29) is 0 Å². The summed E-state index contributed by atoms with van der Waals surface area (Å²) in [6.45, 7) is 3.30. The Morgan fingerprint density at radius 3 is 2.89 bits per heavy atom. The van der Waals surface area contributed by atoms with Crippen molar-refractivity contribution in [3.05, 3.63) is 32.9 Å². The third kappa shape index (κ3) is 4.11. The Hall–Kier alpha value is -1.27. The summed E-state index contributed by atoms with van der Waals surface area (Å²) >= 11 is 5.21. The van der Waals surface area contributed by atoms with E-state index in [0.717, 1.165) is 22.6 Å². The molecule has 0 radical (unpaired) electrons. The Kier molecular flexibility index (Phi) is 5.04. The Morgan fingerprint density at radius 1 is 1.37 bits per heavy atom. The lowest BCUT2D eigenvalue weighted by molar-refractivity contribution is 0.329. The summed E-state index contributed by atoms with van der Waals surface area (Å²) in [6, 6.07) is 7.86. The molecule has 0 saturated carbocycles. The number of hydrogen-bond donors (Lipinski definition) is 2. The molecule has 19 heavy (non-hydrogen) atoms. The Morgan fingerprint density at radius 2 is 2.21 bits per heavy atom. The van der Waals surface area contributed by atoms with Gasteiger partial charge in [-0.3, -0.25) is 0 Å². The van der Waals surface area contributed by atoms with Crippen molar-refractivity contribution in [1.82, 2.24) is 4.98 Å². The first kappa shape index (κ1) is 14.1. The SMILES string of the molecule is CCOc1nc(NCCc2ccc(Br)s2)ccc1N. The number of aromatic nitrogens is 1. The molecule has 2 aromatic heterocycles. The highest BCUT2D eigenvalue weighted by atomic mass is 79.9. The maximum absolute atomic E-state index is 5.78. The predicted molar refractivity (Wildman–Crippen MR) is 84.0 cm³/mol. The molecule has 6 heteroatoms. The highest BCUT2D eigenvalue weighted by molar-refractivity contribution is 9.11. The zero-order valence-electron chi connectivity index (χ0n) is 10.6. The molecule has 3 N–H and O–H groups in total. The molecule has 0 amide bonds. The second-order valence-corrected chi connectivity index (χ2v) is 6.45. The van der Waals surface area contributed by atoms with Gasteiger partial charge in [-0.1, -0.05) is 0 Å². The molecule has 2 rings (SSSR count). The van der Waals surface area contributed by atoms with Gasteiger partial charge in [0.25, 0.3) is 0 Å². The van der Waals surface area contributed by atoms with Crippen LogP contribution in [-0.4, -0.2) is 18.1 Å². The van der Waals surface area contributed by atoms with Crippen LogP contribution < -0.4 is 15.8 Å². The van der Waals surface area contributed by atoms with Gasteiger partial charge in [-0.2, -0.15) is 4.98 Å². The number of nitrogens with one attached hydrogen (secondary N) is 1. The van der Waals surface area contributed by atoms with Gasteiger partial charge in [0.15, 0.2) is 0 Å². The van der Waals surface area contributed by atoms with Crippen molar-refractivity contribution in [2.24, 2.45) is 0 Å². The number of halogens is 1. The molecule has 0 aromatic carbocycles. The lowest BCUT2D eigenvalue weighted by Gasteiger charge is -2.09. The van der Waals surface area contributed by atoms with Crippen LogP contribution in [0, 0.1) is 0 Å². The highest BCUT2D eigenvalue weighted by Crippen LogP contribution is 2.23. The maximum atomic E-state index is 5.78. The lowest BCUT2D eigenvalue weighted by atomic mass is 10.3. The van der Waals surface area contributed by atoms with Gasteiger partial charge in [-0.25, -0.2) is 0 Å². The highest BCUT2D eigenvalue weighted by Gasteiger charge is 2.04. The Bertz CT molecular complexity index is 544. The van der Waals surface area contributed by atoms with E-state index in [1.165, 1.54) is 4.88 Å². The second kappa shape index (κ2) is 6.77. The fraction of sp³-hybridized carbons (Fsp3) is 0.308. The lowest BCUT2D eigenvalue weighted by Crippen LogP contribution is -2.07. The Balaban J connectivity index is 1.90. The quantitative estimate of drug-likeness (QED) is 0.843. The van der Waals surface area contributed by atoms with E-state index in [9.17, 15) is 0 Å². The van der Waals surface area contributed by atoms with E-state index in [1.54, 1.807) is 11.3 Å². The van der Waals surface area contributed by atoms with E-state index in [1.807, 2.05) is 19.1 Å². The van der Waals surface area contributed by atoms with Gasteiger partial charge in [-0.15, -0.1) is 11.3 Å². The molecule has 0 aliphatic rings. The van der Waals surface area contributed by atoms with E-state index in [4.69, 9.17) is 10.5 Å². The van der Waals surface area contributed by atoms with E-state index in [0.29, 0.717) is 18.2 Å². The van der Waals surface area contributed by atoms with E-state index < -0.39 is 0 Å². The second-order valence-electron chi connectivity index (χ2n) is 3.91. The molecule has 0 saturated heterocycles. The molecule has 0 fully saturated rings. The largest absolute Gasteiger partial charge is 0.476 e. The summed E-state index contributed by atoms with van der Waals surface area (Å²) in [5, 5.41) is 3.27. The smallest absolute Gasteiger partial charge is 0.239 e. The van der Waals surface area contributed by atoms with E-state index >= 15 is 0 Å². The van der Waals surface area contributed by atoms with Crippen molar-refractivity contribution in [2.45, 2.75) is 13.3 Å². The van der Waals surface area contributed by atoms with Gasteiger partial charge in [-0.05, 0) is 53.5 Å². The first-order valence-electron chi connectivity index (χ1n) is 6.06. The van der Waals surface area contributed by atoms with Crippen molar-refractivity contribution in [1.29, 1.82) is 0 Å². The van der Waals surface area contributed by atoms with Crippen LogP contribution in [0.1, 0.15) is 11.8 Å². The minimum Gasteiger partial charge on any atom is -0.476 e. The van der Waals surface area contributed by atoms with Crippen LogP contribution in [0.3, 0.4) is 0 Å². The van der Waals surface area contributed by atoms with Crippen molar-refractivity contribution in [3.8, 4) is 5.88 Å². The molecule has 0 unspecified atom stereocenters. The van der Waals surface area contributed by atoms with Crippen LogP contribution in [-0.2, 0) is 6.42 Å². The number of thiophene rings is 1. The number of pyridine rings is 1. The minimum absolute atomic E-state index is 0.492. The number of nitrogens with zero attached hydrogens (tertiary/aromatic N) is 1. The van der Waals surface area contributed by atoms with Gasteiger partial charge >= 0.3 is 0 Å². The molecule has 102 valence electrons. The van der Waals surface area contributed by atoms with Gasteiger partial charge < -0.3 is 15.8 Å². The summed E-state index contributed by atoms with van der Waals surface area (Å²) in [5.41, 5.74) is 6.34. The summed E-state index contributed by atoms with van der Waals surface area (Å²) in [5.74, 6) is 1.28. The number of anilines is 2. The van der Waals surface area contributed by atoms with Crippen molar-refractivity contribution in [2.75, 3.05) is 24.2 Å². The molecule has 0 aliphatic heterocycles. The number of ether oxygens (including phenoxy) is 1. The fourth-order valence-electron chi connectivity index (χ4n) is 1.60. The van der Waals surface area contributed by atoms with Crippen molar-refractivity contribution in [3.63, 3.8) is 0 Å². The summed E-state index contributed by atoms with van der Waals surface area (Å²) in [4.78, 5) is 5.67. The van der Waals surface area contributed by atoms with Crippen LogP contribution in [0.15, 0.2) is 28.1 Å². The van der Waals surface area contributed by atoms with Crippen LogP contribution in [0.25, 0.3) is 0 Å². The van der Waals surface area contributed by atoms with Gasteiger partial charge in [0.1, 0.15) is 5.82 Å². The Labute approximate surface area is 125 Å².